The molecule has 1 saturated heterocycles. The predicted molar refractivity (Wildman–Crippen MR) is 57.7 cm³/mol. The number of rotatable bonds is 3. The molecule has 1 aromatic rings. The van der Waals surface area contributed by atoms with Crippen LogP contribution in [0.1, 0.15) is 0 Å². The molecule has 0 amide bonds. The summed E-state index contributed by atoms with van der Waals surface area (Å²) in [5, 5.41) is 0. The van der Waals surface area contributed by atoms with Crippen LogP contribution in [0.25, 0.3) is 0 Å². The average Bonchev–Trinajstić information content (AvgIpc) is 2.17. The minimum absolute atomic E-state index is 0.323. The number of nitrogens with two attached hydrogens (primary N) is 1. The van der Waals surface area contributed by atoms with Crippen molar-refractivity contribution < 1.29 is 8.42 Å². The molecular formula is C10H14N2O2S. The van der Waals surface area contributed by atoms with Crippen LogP contribution < -0.4 is 5.73 Å². The van der Waals surface area contributed by atoms with Crippen LogP contribution in [0.15, 0.2) is 35.2 Å². The Hall–Kier alpha value is -0.910. The number of sulfonamides is 1. The molecule has 1 aliphatic heterocycles. The first-order chi connectivity index (χ1) is 7.14. The second-order valence-electron chi connectivity index (χ2n) is 3.74. The van der Waals surface area contributed by atoms with Crippen molar-refractivity contribution in [1.29, 1.82) is 0 Å². The van der Waals surface area contributed by atoms with E-state index in [1.807, 2.05) is 0 Å². The summed E-state index contributed by atoms with van der Waals surface area (Å²) in [6.07, 6.45) is 0. The van der Waals surface area contributed by atoms with Crippen LogP contribution in [0.3, 0.4) is 0 Å². The predicted octanol–water partition coefficient (Wildman–Crippen LogP) is 0.266. The van der Waals surface area contributed by atoms with E-state index in [2.05, 4.69) is 0 Å². The third-order valence-electron chi connectivity index (χ3n) is 2.64. The molecule has 1 aromatic carbocycles. The lowest BCUT2D eigenvalue weighted by atomic mass is 10.0. The van der Waals surface area contributed by atoms with Crippen molar-refractivity contribution in [2.75, 3.05) is 19.6 Å². The smallest absolute Gasteiger partial charge is 0.243 e. The van der Waals surface area contributed by atoms with Crippen LogP contribution in [0.5, 0.6) is 0 Å². The summed E-state index contributed by atoms with van der Waals surface area (Å²) in [5.41, 5.74) is 5.46. The van der Waals surface area contributed by atoms with Crippen LogP contribution in [0, 0.1) is 5.92 Å². The van der Waals surface area contributed by atoms with Gasteiger partial charge >= 0.3 is 0 Å². The standard InChI is InChI=1S/C10H14N2O2S/c11-6-9-7-12(8-9)15(13,14)10-4-2-1-3-5-10/h1-5,9H,6-8,11H2. The zero-order valence-corrected chi connectivity index (χ0v) is 9.15. The Morgan fingerprint density at radius 2 is 1.87 bits per heavy atom. The van der Waals surface area contributed by atoms with Gasteiger partial charge in [-0.05, 0) is 24.6 Å². The van der Waals surface area contributed by atoms with Crippen molar-refractivity contribution in [2.45, 2.75) is 4.90 Å². The summed E-state index contributed by atoms with van der Waals surface area (Å²) in [7, 11) is -3.27. The van der Waals surface area contributed by atoms with Gasteiger partial charge in [0.1, 0.15) is 0 Å². The van der Waals surface area contributed by atoms with E-state index < -0.39 is 10.0 Å². The molecule has 1 heterocycles. The van der Waals surface area contributed by atoms with Gasteiger partial charge in [0.2, 0.25) is 10.0 Å². The van der Waals surface area contributed by atoms with E-state index in [1.165, 1.54) is 4.31 Å². The first kappa shape index (κ1) is 10.6. The van der Waals surface area contributed by atoms with Crippen LogP contribution >= 0.6 is 0 Å². The molecule has 2 rings (SSSR count). The largest absolute Gasteiger partial charge is 0.330 e. The zero-order chi connectivity index (χ0) is 10.9. The van der Waals surface area contributed by atoms with Crippen LogP contribution in [0.4, 0.5) is 0 Å². The Bertz CT molecular complexity index is 424. The molecule has 5 heteroatoms. The van der Waals surface area contributed by atoms with E-state index in [4.69, 9.17) is 5.73 Å². The first-order valence-electron chi connectivity index (χ1n) is 4.90. The van der Waals surface area contributed by atoms with E-state index in [0.717, 1.165) is 0 Å². The molecule has 1 aliphatic rings. The number of nitrogens with zero attached hydrogens (tertiary/aromatic N) is 1. The fraction of sp³-hybridized carbons (Fsp3) is 0.400. The molecule has 82 valence electrons. The quantitative estimate of drug-likeness (QED) is 0.804. The molecule has 0 atom stereocenters. The zero-order valence-electron chi connectivity index (χ0n) is 8.33. The minimum atomic E-state index is -3.27. The summed E-state index contributed by atoms with van der Waals surface area (Å²) >= 11 is 0. The monoisotopic (exact) mass is 226 g/mol. The second kappa shape index (κ2) is 3.92. The number of benzene rings is 1. The molecule has 0 unspecified atom stereocenters. The van der Waals surface area contributed by atoms with Crippen molar-refractivity contribution in [2.24, 2.45) is 11.7 Å². The Morgan fingerprint density at radius 1 is 1.27 bits per heavy atom. The lowest BCUT2D eigenvalue weighted by Gasteiger charge is -2.37. The van der Waals surface area contributed by atoms with Gasteiger partial charge in [0.05, 0.1) is 4.90 Å². The van der Waals surface area contributed by atoms with Crippen molar-refractivity contribution in [3.63, 3.8) is 0 Å². The SMILES string of the molecule is NCC1CN(S(=O)(=O)c2ccccc2)C1. The van der Waals surface area contributed by atoms with E-state index >= 15 is 0 Å². The summed E-state index contributed by atoms with van der Waals surface area (Å²) < 4.78 is 25.4. The van der Waals surface area contributed by atoms with Crippen molar-refractivity contribution in [3.05, 3.63) is 30.3 Å². The fourth-order valence-electron chi connectivity index (χ4n) is 1.61. The highest BCUT2D eigenvalue weighted by Gasteiger charge is 2.35. The molecule has 0 radical (unpaired) electrons. The minimum Gasteiger partial charge on any atom is -0.330 e. The third kappa shape index (κ3) is 1.90. The topological polar surface area (TPSA) is 63.4 Å². The maximum atomic E-state index is 12.0. The van der Waals surface area contributed by atoms with E-state index in [1.54, 1.807) is 30.3 Å². The summed E-state index contributed by atoms with van der Waals surface area (Å²) in [6.45, 7) is 1.66. The molecule has 0 bridgehead atoms. The normalized spacial score (nSPS) is 18.7. The Morgan fingerprint density at radius 3 is 2.40 bits per heavy atom. The van der Waals surface area contributed by atoms with Gasteiger partial charge < -0.3 is 5.73 Å². The highest BCUT2D eigenvalue weighted by Crippen LogP contribution is 2.23. The van der Waals surface area contributed by atoms with Gasteiger partial charge in [-0.3, -0.25) is 0 Å². The Kier molecular flexibility index (Phi) is 2.77. The molecule has 0 spiro atoms. The maximum Gasteiger partial charge on any atom is 0.243 e. The van der Waals surface area contributed by atoms with Gasteiger partial charge in [-0.2, -0.15) is 4.31 Å². The summed E-state index contributed by atoms with van der Waals surface area (Å²) in [4.78, 5) is 0.362. The van der Waals surface area contributed by atoms with Crippen molar-refractivity contribution >= 4 is 10.0 Å². The van der Waals surface area contributed by atoms with Crippen molar-refractivity contribution in [1.82, 2.24) is 4.31 Å². The molecule has 4 nitrogen and oxygen atoms in total. The van der Waals surface area contributed by atoms with Gasteiger partial charge in [-0.25, -0.2) is 8.42 Å². The second-order valence-corrected chi connectivity index (χ2v) is 5.67. The Labute approximate surface area is 89.7 Å². The molecule has 15 heavy (non-hydrogen) atoms. The molecule has 0 aliphatic carbocycles. The van der Waals surface area contributed by atoms with E-state index in [0.29, 0.717) is 30.4 Å². The molecular weight excluding hydrogens is 212 g/mol. The number of hydrogen-bond donors (Lipinski definition) is 1. The van der Waals surface area contributed by atoms with Crippen molar-refractivity contribution in [3.8, 4) is 0 Å². The highest BCUT2D eigenvalue weighted by molar-refractivity contribution is 7.89. The summed E-state index contributed by atoms with van der Waals surface area (Å²) in [5.74, 6) is 0.323. The fourth-order valence-corrected chi connectivity index (χ4v) is 3.22. The van der Waals surface area contributed by atoms with Crippen LogP contribution in [-0.2, 0) is 10.0 Å². The molecule has 0 aromatic heterocycles. The maximum absolute atomic E-state index is 12.0. The van der Waals surface area contributed by atoms with E-state index in [9.17, 15) is 8.42 Å². The third-order valence-corrected chi connectivity index (χ3v) is 4.48. The molecule has 0 saturated carbocycles. The average molecular weight is 226 g/mol. The summed E-state index contributed by atoms with van der Waals surface area (Å²) in [6, 6.07) is 8.49. The van der Waals surface area contributed by atoms with Gasteiger partial charge in [0, 0.05) is 13.1 Å². The van der Waals surface area contributed by atoms with Crippen LogP contribution in [0.2, 0.25) is 0 Å². The lowest BCUT2D eigenvalue weighted by Crippen LogP contribution is -2.52. The molecule has 1 fully saturated rings. The van der Waals surface area contributed by atoms with Gasteiger partial charge in [0.15, 0.2) is 0 Å². The number of hydrogen-bond acceptors (Lipinski definition) is 3. The first-order valence-corrected chi connectivity index (χ1v) is 6.34. The molecule has 2 N–H and O–H groups in total. The van der Waals surface area contributed by atoms with E-state index in [-0.39, 0.29) is 0 Å². The Balaban J connectivity index is 2.16. The highest BCUT2D eigenvalue weighted by atomic mass is 32.2. The lowest BCUT2D eigenvalue weighted by molar-refractivity contribution is 0.207. The van der Waals surface area contributed by atoms with Crippen LogP contribution in [-0.4, -0.2) is 32.4 Å². The van der Waals surface area contributed by atoms with Gasteiger partial charge in [0.25, 0.3) is 0 Å². The van der Waals surface area contributed by atoms with Gasteiger partial charge in [-0.1, -0.05) is 18.2 Å². The van der Waals surface area contributed by atoms with Gasteiger partial charge in [-0.15, -0.1) is 0 Å².